The number of aliphatic hydroxyl groups is 1. The van der Waals surface area contributed by atoms with E-state index in [1.54, 1.807) is 12.1 Å². The molecular weight excluding hydrogens is 378 g/mol. The van der Waals surface area contributed by atoms with Crippen LogP contribution in [-0.4, -0.2) is 23.1 Å². The van der Waals surface area contributed by atoms with Crippen LogP contribution in [0.1, 0.15) is 29.5 Å². The molecule has 1 N–H and O–H groups in total. The van der Waals surface area contributed by atoms with Crippen LogP contribution in [0.2, 0.25) is 0 Å². The number of Topliss-reactive ketones (excluding diaryl/α,β-unsaturated/α-hetero) is 1. The monoisotopic (exact) mass is 398 g/mol. The molecule has 150 valence electrons. The van der Waals surface area contributed by atoms with Crippen LogP contribution in [0.4, 0.5) is 8.78 Å². The third-order valence-corrected chi connectivity index (χ3v) is 6.27. The van der Waals surface area contributed by atoms with Crippen molar-refractivity contribution in [2.45, 2.75) is 38.9 Å². The first-order chi connectivity index (χ1) is 13.8. The number of rotatable bonds is 3. The second-order valence-electron chi connectivity index (χ2n) is 8.08. The van der Waals surface area contributed by atoms with Gasteiger partial charge in [-0.3, -0.25) is 4.79 Å². The van der Waals surface area contributed by atoms with Gasteiger partial charge in [-0.2, -0.15) is 0 Å². The van der Waals surface area contributed by atoms with Crippen molar-refractivity contribution >= 4 is 11.4 Å². The van der Waals surface area contributed by atoms with Crippen LogP contribution in [-0.2, 0) is 9.53 Å². The zero-order valence-corrected chi connectivity index (χ0v) is 16.0. The number of aryl methyl sites for hydroxylation is 2. The molecule has 3 aliphatic rings. The molecule has 0 spiro atoms. The van der Waals surface area contributed by atoms with E-state index in [4.69, 9.17) is 9.47 Å². The molecule has 2 aromatic rings. The Morgan fingerprint density at radius 3 is 2.34 bits per heavy atom. The summed E-state index contributed by atoms with van der Waals surface area (Å²) >= 11 is 0. The highest BCUT2D eigenvalue weighted by Gasteiger charge is 2.59. The average molecular weight is 398 g/mol. The summed E-state index contributed by atoms with van der Waals surface area (Å²) in [5.41, 5.74) is 2.48. The van der Waals surface area contributed by atoms with Crippen LogP contribution in [0.15, 0.2) is 36.1 Å². The second kappa shape index (κ2) is 6.39. The summed E-state index contributed by atoms with van der Waals surface area (Å²) in [7, 11) is 0. The number of fused-ring (bicyclic) bond motifs is 5. The summed E-state index contributed by atoms with van der Waals surface area (Å²) < 4.78 is 38.7. The van der Waals surface area contributed by atoms with Crippen molar-refractivity contribution < 1.29 is 28.2 Å². The first-order valence-electron chi connectivity index (χ1n) is 9.72. The van der Waals surface area contributed by atoms with E-state index in [9.17, 15) is 18.7 Å². The fraction of sp³-hybridized carbons (Fsp3) is 0.348. The molecule has 0 radical (unpaired) electrons. The molecule has 2 aromatic carbocycles. The van der Waals surface area contributed by atoms with Crippen LogP contribution in [0.3, 0.4) is 0 Å². The standard InChI is InChI=1S/C23H20F2O4/c1-10-7-13(28-17-9-12(24)3-4-14(17)25)8-11(2)18(10)21-22(26)19-15-5-6-16(29-15)20(19)23(21)27/h3-4,7-9,15-16,19-20,26H,5-6H2,1-2H3/t15?,16?,19-,20+/m1/s1. The predicted molar refractivity (Wildman–Crippen MR) is 102 cm³/mol. The van der Waals surface area contributed by atoms with Crippen molar-refractivity contribution in [3.63, 3.8) is 0 Å². The zero-order chi connectivity index (χ0) is 20.4. The minimum absolute atomic E-state index is 0.0734. The fourth-order valence-electron chi connectivity index (χ4n) is 5.13. The van der Waals surface area contributed by atoms with Crippen LogP contribution in [0, 0.1) is 37.3 Å². The summed E-state index contributed by atoms with van der Waals surface area (Å²) in [6, 6.07) is 6.35. The molecular formula is C23H20F2O4. The molecule has 4 nitrogen and oxygen atoms in total. The lowest BCUT2D eigenvalue weighted by Crippen LogP contribution is -2.29. The first-order valence-corrected chi connectivity index (χ1v) is 9.72. The number of benzene rings is 2. The summed E-state index contributed by atoms with van der Waals surface area (Å²) in [4.78, 5) is 13.1. The van der Waals surface area contributed by atoms with E-state index < -0.39 is 11.6 Å². The zero-order valence-electron chi connectivity index (χ0n) is 16.0. The molecule has 0 aromatic heterocycles. The molecule has 0 amide bonds. The fourth-order valence-corrected chi connectivity index (χ4v) is 5.13. The van der Waals surface area contributed by atoms with Crippen molar-refractivity contribution in [3.8, 4) is 11.5 Å². The summed E-state index contributed by atoms with van der Waals surface area (Å²) in [5.74, 6) is -1.66. The summed E-state index contributed by atoms with van der Waals surface area (Å²) in [6.45, 7) is 3.62. The molecule has 2 bridgehead atoms. The van der Waals surface area contributed by atoms with Crippen LogP contribution in [0.5, 0.6) is 11.5 Å². The minimum Gasteiger partial charge on any atom is -0.511 e. The molecule has 29 heavy (non-hydrogen) atoms. The van der Waals surface area contributed by atoms with Crippen molar-refractivity contribution in [3.05, 3.63) is 64.4 Å². The highest BCUT2D eigenvalue weighted by molar-refractivity contribution is 6.26. The molecule has 2 fully saturated rings. The van der Waals surface area contributed by atoms with Crippen LogP contribution >= 0.6 is 0 Å². The highest BCUT2D eigenvalue weighted by Crippen LogP contribution is 2.54. The smallest absolute Gasteiger partial charge is 0.173 e. The van der Waals surface area contributed by atoms with Gasteiger partial charge in [0.15, 0.2) is 17.3 Å². The SMILES string of the molecule is Cc1cc(Oc2cc(F)ccc2F)cc(C)c1C1=C(O)[C@@H]2C3CCC(O3)[C@@H]2C1=O. The van der Waals surface area contributed by atoms with E-state index in [0.29, 0.717) is 16.9 Å². The van der Waals surface area contributed by atoms with Crippen molar-refractivity contribution in [2.24, 2.45) is 11.8 Å². The number of allylic oxidation sites excluding steroid dienone is 1. The Bertz CT molecular complexity index is 1050. The van der Waals surface area contributed by atoms with Gasteiger partial charge >= 0.3 is 0 Å². The molecule has 2 heterocycles. The average Bonchev–Trinajstić information content (AvgIpc) is 3.34. The Morgan fingerprint density at radius 2 is 1.69 bits per heavy atom. The van der Waals surface area contributed by atoms with E-state index in [-0.39, 0.29) is 41.3 Å². The number of halogens is 2. The van der Waals surface area contributed by atoms with E-state index in [1.807, 2.05) is 13.8 Å². The van der Waals surface area contributed by atoms with Gasteiger partial charge in [0.25, 0.3) is 0 Å². The van der Waals surface area contributed by atoms with Gasteiger partial charge < -0.3 is 14.6 Å². The summed E-state index contributed by atoms with van der Waals surface area (Å²) in [5, 5.41) is 10.9. The van der Waals surface area contributed by atoms with Gasteiger partial charge in [0.05, 0.1) is 29.6 Å². The van der Waals surface area contributed by atoms with E-state index in [2.05, 4.69) is 0 Å². The normalized spacial score (nSPS) is 27.7. The Morgan fingerprint density at radius 1 is 1.03 bits per heavy atom. The van der Waals surface area contributed by atoms with Gasteiger partial charge in [-0.1, -0.05) is 0 Å². The topological polar surface area (TPSA) is 55.8 Å². The first kappa shape index (κ1) is 18.3. The molecule has 2 saturated heterocycles. The number of hydrogen-bond acceptors (Lipinski definition) is 4. The van der Waals surface area contributed by atoms with Gasteiger partial charge in [-0.25, -0.2) is 8.78 Å². The van der Waals surface area contributed by atoms with E-state index in [1.165, 1.54) is 0 Å². The number of ether oxygens (including phenoxy) is 2. The third-order valence-electron chi connectivity index (χ3n) is 6.27. The molecule has 1 aliphatic carbocycles. The highest BCUT2D eigenvalue weighted by atomic mass is 19.1. The van der Waals surface area contributed by atoms with E-state index in [0.717, 1.165) is 42.2 Å². The molecule has 0 saturated carbocycles. The van der Waals surface area contributed by atoms with Gasteiger partial charge in [0, 0.05) is 6.07 Å². The van der Waals surface area contributed by atoms with Gasteiger partial charge in [0.2, 0.25) is 0 Å². The number of carbonyl (C=O) groups excluding carboxylic acids is 1. The quantitative estimate of drug-likeness (QED) is 0.789. The lowest BCUT2D eigenvalue weighted by molar-refractivity contribution is -0.118. The second-order valence-corrected chi connectivity index (χ2v) is 8.08. The lowest BCUT2D eigenvalue weighted by Gasteiger charge is -2.19. The Kier molecular flexibility index (Phi) is 4.03. The number of carbonyl (C=O) groups is 1. The van der Waals surface area contributed by atoms with E-state index >= 15 is 0 Å². The molecule has 4 atom stereocenters. The van der Waals surface area contributed by atoms with Gasteiger partial charge in [-0.15, -0.1) is 0 Å². The minimum atomic E-state index is -0.666. The van der Waals surface area contributed by atoms with Crippen molar-refractivity contribution in [1.82, 2.24) is 0 Å². The molecule has 2 unspecified atom stereocenters. The lowest BCUT2D eigenvalue weighted by atomic mass is 9.80. The predicted octanol–water partition coefficient (Wildman–Crippen LogP) is 5.02. The Balaban J connectivity index is 1.52. The van der Waals surface area contributed by atoms with Crippen molar-refractivity contribution in [1.29, 1.82) is 0 Å². The molecule has 5 rings (SSSR count). The van der Waals surface area contributed by atoms with Crippen molar-refractivity contribution in [2.75, 3.05) is 0 Å². The largest absolute Gasteiger partial charge is 0.511 e. The summed E-state index contributed by atoms with van der Waals surface area (Å²) in [6.07, 6.45) is 1.50. The van der Waals surface area contributed by atoms with Gasteiger partial charge in [-0.05, 0) is 67.6 Å². The number of aliphatic hydroxyl groups excluding tert-OH is 1. The molecule has 2 aliphatic heterocycles. The Hall–Kier alpha value is -2.73. The molecule has 6 heteroatoms. The van der Waals surface area contributed by atoms with Gasteiger partial charge in [0.1, 0.15) is 17.3 Å². The number of ketones is 1. The maximum absolute atomic E-state index is 13.9. The van der Waals surface area contributed by atoms with Crippen LogP contribution < -0.4 is 4.74 Å². The van der Waals surface area contributed by atoms with Crippen LogP contribution in [0.25, 0.3) is 5.57 Å². The maximum Gasteiger partial charge on any atom is 0.173 e. The third kappa shape index (κ3) is 2.69. The maximum atomic E-state index is 13.9. The Labute approximate surface area is 166 Å². The number of hydrogen-bond donors (Lipinski definition) is 1.